The van der Waals surface area contributed by atoms with Gasteiger partial charge in [-0.1, -0.05) is 26.0 Å². The summed E-state index contributed by atoms with van der Waals surface area (Å²) in [6.45, 7) is 3.75. The lowest BCUT2D eigenvalue weighted by Gasteiger charge is -2.30. The van der Waals surface area contributed by atoms with Gasteiger partial charge in [0.15, 0.2) is 6.10 Å². The minimum absolute atomic E-state index is 0.0724. The summed E-state index contributed by atoms with van der Waals surface area (Å²) in [4.78, 5) is 21.8. The van der Waals surface area contributed by atoms with Gasteiger partial charge in [0.25, 0.3) is 0 Å². The third-order valence-electron chi connectivity index (χ3n) is 4.22. The molecule has 0 aliphatic heterocycles. The Kier molecular flexibility index (Phi) is 10.1. The highest BCUT2D eigenvalue weighted by atomic mass is 31.2. The number of nitrogens with two attached hydrogens (primary N) is 1. The largest absolute Gasteiger partial charge is 0.497 e. The number of aliphatic carboxylic acids is 1. The van der Waals surface area contributed by atoms with Crippen LogP contribution in [0.15, 0.2) is 24.3 Å². The first-order chi connectivity index (χ1) is 13.1. The molecule has 9 nitrogen and oxygen atoms in total. The van der Waals surface area contributed by atoms with Crippen molar-refractivity contribution < 1.29 is 33.7 Å². The number of carbonyl (C=O) groups is 1. The molecule has 0 heterocycles. The summed E-state index contributed by atoms with van der Waals surface area (Å²) in [7, 11) is -2.90. The summed E-state index contributed by atoms with van der Waals surface area (Å²) in [5, 5.41) is 22.4. The van der Waals surface area contributed by atoms with Gasteiger partial charge in [-0.05, 0) is 49.4 Å². The lowest BCUT2D eigenvalue weighted by Crippen LogP contribution is -2.38. The second-order valence-corrected chi connectivity index (χ2v) is 8.71. The number of aliphatic hydroxyl groups excluding tert-OH is 1. The van der Waals surface area contributed by atoms with Crippen LogP contribution in [-0.4, -0.2) is 46.6 Å². The van der Waals surface area contributed by atoms with Crippen LogP contribution < -0.4 is 15.8 Å². The Morgan fingerprint density at radius 3 is 2.32 bits per heavy atom. The number of unbranched alkanes of at least 4 members (excludes halogenated alkanes) is 1. The smallest absolute Gasteiger partial charge is 0.346 e. The summed E-state index contributed by atoms with van der Waals surface area (Å²) in [5.74, 6) is -2.29. The zero-order chi connectivity index (χ0) is 21.3. The Bertz CT molecular complexity index is 654. The third-order valence-corrected chi connectivity index (χ3v) is 6.22. The Morgan fingerprint density at radius 2 is 1.86 bits per heavy atom. The highest BCUT2D eigenvalue weighted by Crippen LogP contribution is 2.51. The minimum atomic E-state index is -4.41. The van der Waals surface area contributed by atoms with E-state index in [4.69, 9.17) is 15.0 Å². The molecule has 0 fully saturated rings. The Morgan fingerprint density at radius 1 is 1.25 bits per heavy atom. The zero-order valence-corrected chi connectivity index (χ0v) is 17.3. The number of carboxylic acids is 1. The van der Waals surface area contributed by atoms with E-state index in [-0.39, 0.29) is 6.42 Å². The van der Waals surface area contributed by atoms with E-state index in [0.29, 0.717) is 30.7 Å². The van der Waals surface area contributed by atoms with E-state index >= 15 is 0 Å². The van der Waals surface area contributed by atoms with E-state index in [0.717, 1.165) is 0 Å². The van der Waals surface area contributed by atoms with Crippen molar-refractivity contribution in [1.82, 2.24) is 5.32 Å². The SMILES string of the molecule is COc1ccc(C(O)NC(C(C)C)P(=O)(O)OC(CCCCN)C(=O)O)cc1. The van der Waals surface area contributed by atoms with E-state index in [1.807, 2.05) is 0 Å². The van der Waals surface area contributed by atoms with Crippen LogP contribution >= 0.6 is 7.60 Å². The summed E-state index contributed by atoms with van der Waals surface area (Å²) in [5.41, 5.74) is 5.86. The molecule has 0 aromatic heterocycles. The standard InChI is InChI=1S/C18H31N2O7P/c1-12(2)17(20-16(21)13-7-9-14(26-3)10-8-13)28(24,25)27-15(18(22)23)6-4-5-11-19/h7-10,12,15-17,20-21H,4-6,11,19H2,1-3H3,(H,22,23)(H,24,25). The number of nitrogens with one attached hydrogen (secondary N) is 1. The number of benzene rings is 1. The molecular weight excluding hydrogens is 387 g/mol. The molecule has 0 bridgehead atoms. The van der Waals surface area contributed by atoms with Crippen LogP contribution in [0.5, 0.6) is 5.75 Å². The summed E-state index contributed by atoms with van der Waals surface area (Å²) >= 11 is 0. The molecule has 6 N–H and O–H groups in total. The number of hydrogen-bond acceptors (Lipinski definition) is 7. The second-order valence-electron chi connectivity index (χ2n) is 6.81. The second kappa shape index (κ2) is 11.5. The molecule has 0 aliphatic carbocycles. The van der Waals surface area contributed by atoms with Crippen LogP contribution in [0.3, 0.4) is 0 Å². The molecule has 4 atom stereocenters. The van der Waals surface area contributed by atoms with Crippen molar-refractivity contribution in [2.75, 3.05) is 13.7 Å². The highest BCUT2D eigenvalue weighted by Gasteiger charge is 2.40. The molecule has 0 aliphatic rings. The number of methoxy groups -OCH3 is 1. The van der Waals surface area contributed by atoms with Gasteiger partial charge < -0.3 is 25.6 Å². The van der Waals surface area contributed by atoms with Gasteiger partial charge in [-0.15, -0.1) is 0 Å². The molecule has 0 saturated heterocycles. The number of rotatable bonds is 13. The molecule has 10 heteroatoms. The number of carboxylic acid groups (broad SMARTS) is 1. The van der Waals surface area contributed by atoms with E-state index in [9.17, 15) is 24.5 Å². The first-order valence-corrected chi connectivity index (χ1v) is 10.8. The third kappa shape index (κ3) is 7.50. The van der Waals surface area contributed by atoms with Crippen molar-refractivity contribution in [3.8, 4) is 5.75 Å². The molecule has 0 spiro atoms. The average molecular weight is 418 g/mol. The Balaban J connectivity index is 2.90. The molecular formula is C18H31N2O7P. The maximum Gasteiger partial charge on any atom is 0.346 e. The number of aliphatic hydroxyl groups is 1. The maximum absolute atomic E-state index is 12.8. The molecule has 4 unspecified atom stereocenters. The molecule has 0 saturated carbocycles. The molecule has 160 valence electrons. The van der Waals surface area contributed by atoms with Crippen molar-refractivity contribution >= 4 is 13.6 Å². The summed E-state index contributed by atoms with van der Waals surface area (Å²) < 4.78 is 23.0. The highest BCUT2D eigenvalue weighted by molar-refractivity contribution is 7.53. The molecule has 0 radical (unpaired) electrons. The fourth-order valence-electron chi connectivity index (χ4n) is 2.65. The molecule has 0 amide bonds. The molecule has 28 heavy (non-hydrogen) atoms. The number of hydrogen-bond donors (Lipinski definition) is 5. The van der Waals surface area contributed by atoms with Gasteiger partial charge in [0.2, 0.25) is 0 Å². The van der Waals surface area contributed by atoms with E-state index in [2.05, 4.69) is 5.32 Å². The summed E-state index contributed by atoms with van der Waals surface area (Å²) in [6, 6.07) is 6.53. The minimum Gasteiger partial charge on any atom is -0.497 e. The van der Waals surface area contributed by atoms with Crippen LogP contribution in [0.4, 0.5) is 0 Å². The van der Waals surface area contributed by atoms with Gasteiger partial charge in [-0.25, -0.2) is 4.79 Å². The molecule has 1 aromatic rings. The normalized spacial score (nSPS) is 17.0. The van der Waals surface area contributed by atoms with Crippen LogP contribution in [0.25, 0.3) is 0 Å². The van der Waals surface area contributed by atoms with Gasteiger partial charge in [-0.3, -0.25) is 14.4 Å². The van der Waals surface area contributed by atoms with Gasteiger partial charge >= 0.3 is 13.6 Å². The molecule has 1 rings (SSSR count). The van der Waals surface area contributed by atoms with Crippen molar-refractivity contribution in [3.05, 3.63) is 29.8 Å². The fraction of sp³-hybridized carbons (Fsp3) is 0.611. The average Bonchev–Trinajstić information content (AvgIpc) is 2.64. The lowest BCUT2D eigenvalue weighted by atomic mass is 10.1. The van der Waals surface area contributed by atoms with Crippen LogP contribution in [0, 0.1) is 5.92 Å². The Hall–Kier alpha value is -1.48. The topological polar surface area (TPSA) is 151 Å². The Labute approximate surface area is 165 Å². The first kappa shape index (κ1) is 24.6. The number of ether oxygens (including phenoxy) is 1. The monoisotopic (exact) mass is 418 g/mol. The van der Waals surface area contributed by atoms with Crippen LogP contribution in [0.2, 0.25) is 0 Å². The molecule has 1 aromatic carbocycles. The van der Waals surface area contributed by atoms with Gasteiger partial charge in [-0.2, -0.15) is 0 Å². The predicted molar refractivity (Wildman–Crippen MR) is 105 cm³/mol. The van der Waals surface area contributed by atoms with Gasteiger partial charge in [0.1, 0.15) is 17.8 Å². The van der Waals surface area contributed by atoms with Crippen molar-refractivity contribution in [2.24, 2.45) is 11.7 Å². The van der Waals surface area contributed by atoms with Crippen molar-refractivity contribution in [3.63, 3.8) is 0 Å². The summed E-state index contributed by atoms with van der Waals surface area (Å²) in [6.07, 6.45) is -1.55. The maximum atomic E-state index is 12.8. The van der Waals surface area contributed by atoms with Crippen LogP contribution in [0.1, 0.15) is 44.9 Å². The lowest BCUT2D eigenvalue weighted by molar-refractivity contribution is -0.145. The van der Waals surface area contributed by atoms with Gasteiger partial charge in [0.05, 0.1) is 7.11 Å². The quantitative estimate of drug-likeness (QED) is 0.184. The zero-order valence-electron chi connectivity index (χ0n) is 16.4. The van der Waals surface area contributed by atoms with E-state index in [1.54, 1.807) is 38.1 Å². The van der Waals surface area contributed by atoms with Crippen molar-refractivity contribution in [1.29, 1.82) is 0 Å². The van der Waals surface area contributed by atoms with Crippen molar-refractivity contribution in [2.45, 2.75) is 51.2 Å². The first-order valence-electron chi connectivity index (χ1n) is 9.14. The van der Waals surface area contributed by atoms with Crippen LogP contribution in [-0.2, 0) is 13.9 Å². The van der Waals surface area contributed by atoms with Gasteiger partial charge in [0, 0.05) is 0 Å². The predicted octanol–water partition coefficient (Wildman–Crippen LogP) is 2.04. The van der Waals surface area contributed by atoms with E-state index in [1.165, 1.54) is 7.11 Å². The van der Waals surface area contributed by atoms with E-state index < -0.39 is 37.6 Å². The fourth-order valence-corrected chi connectivity index (χ4v) is 4.43.